The number of allylic oxidation sites excluding steroid dienone is 1. The topological polar surface area (TPSA) is 12.4 Å². The lowest BCUT2D eigenvalue weighted by Crippen LogP contribution is -1.89. The zero-order chi connectivity index (χ0) is 15.9. The monoisotopic (exact) mass is 303 g/mol. The summed E-state index contributed by atoms with van der Waals surface area (Å²) in [4.78, 5) is 3.96. The van der Waals surface area contributed by atoms with Crippen molar-refractivity contribution < 1.29 is 13.2 Å². The van der Waals surface area contributed by atoms with Gasteiger partial charge < -0.3 is 0 Å². The zero-order valence-electron chi connectivity index (χ0n) is 12.0. The molecule has 0 bridgehead atoms. The van der Waals surface area contributed by atoms with E-state index in [0.717, 1.165) is 37.0 Å². The molecule has 0 spiro atoms. The number of nitrogens with zero attached hydrogens (tertiary/aromatic N) is 1. The average Bonchev–Trinajstić information content (AvgIpc) is 2.52. The van der Waals surface area contributed by atoms with Crippen LogP contribution in [0.25, 0.3) is 0 Å². The van der Waals surface area contributed by atoms with Gasteiger partial charge in [0.05, 0.1) is 5.69 Å². The van der Waals surface area contributed by atoms with Gasteiger partial charge in [0.1, 0.15) is 0 Å². The predicted molar refractivity (Wildman–Crippen MR) is 83.1 cm³/mol. The molecule has 1 nitrogen and oxygen atoms in total. The van der Waals surface area contributed by atoms with Gasteiger partial charge in [-0.2, -0.15) is 0 Å². The first-order valence-electron chi connectivity index (χ1n) is 6.98. The molecule has 0 N–H and O–H groups in total. The average molecular weight is 303 g/mol. The molecule has 0 saturated heterocycles. The first-order chi connectivity index (χ1) is 10.6. The highest BCUT2D eigenvalue weighted by Crippen LogP contribution is 2.19. The Balaban J connectivity index is 2.05. The summed E-state index contributed by atoms with van der Waals surface area (Å²) in [5.74, 6) is -3.97. The molecule has 0 aliphatic heterocycles. The Labute approximate surface area is 127 Å². The molecule has 22 heavy (non-hydrogen) atoms. The lowest BCUT2D eigenvalue weighted by Gasteiger charge is -2.01. The van der Waals surface area contributed by atoms with Crippen molar-refractivity contribution in [3.63, 3.8) is 0 Å². The molecule has 4 heteroatoms. The molecule has 0 aromatic heterocycles. The molecule has 0 atom stereocenters. The molecule has 114 valence electrons. The first-order valence-corrected chi connectivity index (χ1v) is 6.98. The van der Waals surface area contributed by atoms with E-state index < -0.39 is 17.5 Å². The molecule has 0 aliphatic carbocycles. The van der Waals surface area contributed by atoms with Gasteiger partial charge in [-0.25, -0.2) is 13.2 Å². The zero-order valence-corrected chi connectivity index (χ0v) is 12.0. The van der Waals surface area contributed by atoms with Gasteiger partial charge >= 0.3 is 0 Å². The van der Waals surface area contributed by atoms with Crippen LogP contribution in [0.1, 0.15) is 24.0 Å². The molecule has 2 aromatic rings. The Kier molecular flexibility index (Phi) is 5.53. The minimum Gasteiger partial charge on any atom is -0.256 e. The van der Waals surface area contributed by atoms with Gasteiger partial charge in [-0.1, -0.05) is 30.3 Å². The number of benzene rings is 2. The second-order valence-electron chi connectivity index (χ2n) is 4.90. The molecular weight excluding hydrogens is 287 g/mol. The van der Waals surface area contributed by atoms with Crippen LogP contribution < -0.4 is 0 Å². The van der Waals surface area contributed by atoms with Gasteiger partial charge in [-0.15, -0.1) is 6.58 Å². The normalized spacial score (nSPS) is 11.0. The van der Waals surface area contributed by atoms with Gasteiger partial charge in [0.2, 0.25) is 0 Å². The highest BCUT2D eigenvalue weighted by Gasteiger charge is 2.09. The van der Waals surface area contributed by atoms with Crippen LogP contribution in [0.15, 0.2) is 54.0 Å². The lowest BCUT2D eigenvalue weighted by atomic mass is 10.1. The largest absolute Gasteiger partial charge is 0.256 e. The molecular formula is C18H16F3N. The molecule has 2 rings (SSSR count). The third kappa shape index (κ3) is 4.32. The summed E-state index contributed by atoms with van der Waals surface area (Å²) >= 11 is 0. The third-order valence-electron chi connectivity index (χ3n) is 3.18. The number of aryl methyl sites for hydroxylation is 1. The molecule has 0 fully saturated rings. The van der Waals surface area contributed by atoms with E-state index in [9.17, 15) is 13.2 Å². The molecule has 0 radical (unpaired) electrons. The number of rotatable bonds is 6. The number of hydrogen-bond acceptors (Lipinski definition) is 1. The molecule has 0 heterocycles. The Bertz CT molecular complexity index is 652. The summed E-state index contributed by atoms with van der Waals surface area (Å²) in [6, 6.07) is 9.44. The van der Waals surface area contributed by atoms with Crippen LogP contribution in [0.5, 0.6) is 0 Å². The first kappa shape index (κ1) is 16.0. The summed E-state index contributed by atoms with van der Waals surface area (Å²) in [6.07, 6.45) is 6.37. The fourth-order valence-electron chi connectivity index (χ4n) is 1.99. The van der Waals surface area contributed by atoms with Crippen molar-refractivity contribution in [2.75, 3.05) is 0 Å². The van der Waals surface area contributed by atoms with Gasteiger partial charge in [0, 0.05) is 18.3 Å². The van der Waals surface area contributed by atoms with Crippen LogP contribution in [0.2, 0.25) is 0 Å². The molecule has 0 unspecified atom stereocenters. The number of aliphatic imine (C=N–C) groups is 1. The van der Waals surface area contributed by atoms with Gasteiger partial charge in [-0.05, 0) is 30.4 Å². The maximum atomic E-state index is 13.1. The summed E-state index contributed by atoms with van der Waals surface area (Å²) in [5.41, 5.74) is 2.04. The molecule has 0 aliphatic rings. The Morgan fingerprint density at radius 1 is 1.00 bits per heavy atom. The van der Waals surface area contributed by atoms with Crippen molar-refractivity contribution in [1.29, 1.82) is 0 Å². The smallest absolute Gasteiger partial charge is 0.194 e. The Morgan fingerprint density at radius 2 is 1.64 bits per heavy atom. The minimum absolute atomic E-state index is 0.0338. The summed E-state index contributed by atoms with van der Waals surface area (Å²) < 4.78 is 39.0. The van der Waals surface area contributed by atoms with E-state index in [2.05, 4.69) is 11.6 Å². The van der Waals surface area contributed by atoms with Crippen molar-refractivity contribution in [3.05, 3.63) is 77.6 Å². The lowest BCUT2D eigenvalue weighted by molar-refractivity contribution is 0.447. The van der Waals surface area contributed by atoms with Gasteiger partial charge in [0.25, 0.3) is 0 Å². The van der Waals surface area contributed by atoms with Gasteiger partial charge in [-0.3, -0.25) is 4.99 Å². The highest BCUT2D eigenvalue weighted by atomic mass is 19.2. The maximum absolute atomic E-state index is 13.1. The summed E-state index contributed by atoms with van der Waals surface area (Å²) in [6.45, 7) is 3.68. The molecule has 0 amide bonds. The summed E-state index contributed by atoms with van der Waals surface area (Å²) in [7, 11) is 0. The van der Waals surface area contributed by atoms with E-state index in [4.69, 9.17) is 0 Å². The number of unbranched alkanes of at least 4 members (excludes halogenated alkanes) is 1. The van der Waals surface area contributed by atoms with Crippen molar-refractivity contribution in [3.8, 4) is 0 Å². The van der Waals surface area contributed by atoms with E-state index in [1.54, 1.807) is 0 Å². The van der Waals surface area contributed by atoms with Crippen LogP contribution in [0, 0.1) is 17.5 Å². The van der Waals surface area contributed by atoms with Crippen LogP contribution in [-0.2, 0) is 6.42 Å². The highest BCUT2D eigenvalue weighted by molar-refractivity contribution is 5.81. The SMILES string of the molecule is C=CCCCc1ccc(C=Nc2cc(F)c(F)c(F)c2)cc1. The third-order valence-corrected chi connectivity index (χ3v) is 3.18. The van der Waals surface area contributed by atoms with Crippen molar-refractivity contribution in [2.45, 2.75) is 19.3 Å². The van der Waals surface area contributed by atoms with Crippen LogP contribution in [-0.4, -0.2) is 6.21 Å². The predicted octanol–water partition coefficient (Wildman–Crippen LogP) is 5.36. The minimum atomic E-state index is -1.48. The molecule has 0 saturated carbocycles. The Hall–Kier alpha value is -2.36. The van der Waals surface area contributed by atoms with E-state index >= 15 is 0 Å². The molecule has 2 aromatic carbocycles. The number of hydrogen-bond donors (Lipinski definition) is 0. The summed E-state index contributed by atoms with van der Waals surface area (Å²) in [5, 5.41) is 0. The van der Waals surface area contributed by atoms with E-state index in [-0.39, 0.29) is 5.69 Å². The van der Waals surface area contributed by atoms with Crippen LogP contribution >= 0.6 is 0 Å². The van der Waals surface area contributed by atoms with E-state index in [0.29, 0.717) is 0 Å². The van der Waals surface area contributed by atoms with Crippen molar-refractivity contribution in [2.24, 2.45) is 4.99 Å². The standard InChI is InChI=1S/C18H16F3N/c1-2-3-4-5-13-6-8-14(9-7-13)12-22-15-10-16(19)18(21)17(20)11-15/h2,6-12H,1,3-5H2. The van der Waals surface area contributed by atoms with E-state index in [1.807, 2.05) is 30.3 Å². The second-order valence-corrected chi connectivity index (χ2v) is 4.90. The van der Waals surface area contributed by atoms with E-state index in [1.165, 1.54) is 11.8 Å². The van der Waals surface area contributed by atoms with Crippen molar-refractivity contribution >= 4 is 11.9 Å². The maximum Gasteiger partial charge on any atom is 0.194 e. The second kappa shape index (κ2) is 7.59. The van der Waals surface area contributed by atoms with Crippen LogP contribution in [0.3, 0.4) is 0 Å². The fraction of sp³-hybridized carbons (Fsp3) is 0.167. The fourth-order valence-corrected chi connectivity index (χ4v) is 1.99. The van der Waals surface area contributed by atoms with Crippen molar-refractivity contribution in [1.82, 2.24) is 0 Å². The quantitative estimate of drug-likeness (QED) is 0.295. The number of halogens is 3. The Morgan fingerprint density at radius 3 is 2.23 bits per heavy atom. The van der Waals surface area contributed by atoms with Gasteiger partial charge in [0.15, 0.2) is 17.5 Å². The van der Waals surface area contributed by atoms with Crippen LogP contribution in [0.4, 0.5) is 18.9 Å².